The molecule has 3 aliphatic rings. The van der Waals surface area contributed by atoms with E-state index in [1.54, 1.807) is 0 Å². The van der Waals surface area contributed by atoms with Crippen molar-refractivity contribution < 1.29 is 4.79 Å². The second kappa shape index (κ2) is 3.34. The summed E-state index contributed by atoms with van der Waals surface area (Å²) < 4.78 is 0. The summed E-state index contributed by atoms with van der Waals surface area (Å²) in [6.45, 7) is 1.22. The van der Waals surface area contributed by atoms with E-state index in [9.17, 15) is 4.79 Å². The van der Waals surface area contributed by atoms with Crippen molar-refractivity contribution in [2.45, 2.75) is 57.0 Å². The number of carbonyl (C=O) groups excluding carboxylic acids is 1. The van der Waals surface area contributed by atoms with E-state index in [-0.39, 0.29) is 0 Å². The first kappa shape index (κ1) is 8.90. The minimum Gasteiger partial charge on any atom is -0.298 e. The summed E-state index contributed by atoms with van der Waals surface area (Å²) in [6, 6.07) is 1.09. The Morgan fingerprint density at radius 2 is 2.07 bits per heavy atom. The Labute approximate surface area is 85.7 Å². The molecule has 1 aliphatic heterocycles. The molecule has 14 heavy (non-hydrogen) atoms. The van der Waals surface area contributed by atoms with Gasteiger partial charge in [0, 0.05) is 19.0 Å². The maximum atomic E-state index is 11.8. The smallest absolute Gasteiger partial charge is 0.149 e. The molecule has 3 unspecified atom stereocenters. The van der Waals surface area contributed by atoms with E-state index >= 15 is 0 Å². The number of Topliss-reactive ketones (excluding diaryl/α,β-unsaturated/α-hetero) is 1. The van der Waals surface area contributed by atoms with Crippen LogP contribution in [0.15, 0.2) is 0 Å². The predicted octanol–water partition coefficient (Wildman–Crippen LogP) is 1.98. The average molecular weight is 193 g/mol. The highest BCUT2D eigenvalue weighted by Gasteiger charge is 2.43. The van der Waals surface area contributed by atoms with Crippen LogP contribution in [0.5, 0.6) is 0 Å². The van der Waals surface area contributed by atoms with Crippen LogP contribution in [-0.2, 0) is 4.79 Å². The normalized spacial score (nSPS) is 43.4. The Morgan fingerprint density at radius 3 is 2.71 bits per heavy atom. The lowest BCUT2D eigenvalue weighted by atomic mass is 9.91. The molecular formula is C12H19NO. The fourth-order valence-corrected chi connectivity index (χ4v) is 3.66. The Balaban J connectivity index is 1.72. The molecule has 2 heteroatoms. The SMILES string of the molecule is O=C1CCCCC1N1CC2CCC1C2. The molecule has 3 atom stereocenters. The van der Waals surface area contributed by atoms with Crippen molar-refractivity contribution in [3.63, 3.8) is 0 Å². The van der Waals surface area contributed by atoms with Gasteiger partial charge in [0.05, 0.1) is 6.04 Å². The van der Waals surface area contributed by atoms with Crippen LogP contribution in [0.4, 0.5) is 0 Å². The third-order valence-corrected chi connectivity index (χ3v) is 4.37. The van der Waals surface area contributed by atoms with Gasteiger partial charge in [-0.25, -0.2) is 0 Å². The molecule has 2 saturated carbocycles. The van der Waals surface area contributed by atoms with Crippen LogP contribution in [-0.4, -0.2) is 29.3 Å². The molecule has 2 nitrogen and oxygen atoms in total. The molecule has 0 aromatic heterocycles. The van der Waals surface area contributed by atoms with Gasteiger partial charge in [0.2, 0.25) is 0 Å². The van der Waals surface area contributed by atoms with Gasteiger partial charge in [0.15, 0.2) is 0 Å². The molecule has 1 heterocycles. The number of hydrogen-bond acceptors (Lipinski definition) is 2. The lowest BCUT2D eigenvalue weighted by molar-refractivity contribution is -0.126. The van der Waals surface area contributed by atoms with Crippen molar-refractivity contribution in [1.29, 1.82) is 0 Å². The van der Waals surface area contributed by atoms with Crippen LogP contribution < -0.4 is 0 Å². The van der Waals surface area contributed by atoms with E-state index in [2.05, 4.69) is 4.90 Å². The molecule has 0 N–H and O–H groups in total. The fraction of sp³-hybridized carbons (Fsp3) is 0.917. The molecule has 0 aromatic rings. The zero-order valence-corrected chi connectivity index (χ0v) is 8.74. The Morgan fingerprint density at radius 1 is 1.14 bits per heavy atom. The fourth-order valence-electron chi connectivity index (χ4n) is 3.66. The molecule has 0 aromatic carbocycles. The molecule has 0 amide bonds. The maximum absolute atomic E-state index is 11.8. The van der Waals surface area contributed by atoms with Crippen molar-refractivity contribution in [3.05, 3.63) is 0 Å². The van der Waals surface area contributed by atoms with Gasteiger partial charge in [-0.15, -0.1) is 0 Å². The van der Waals surface area contributed by atoms with E-state index in [0.29, 0.717) is 11.8 Å². The second-order valence-corrected chi connectivity index (χ2v) is 5.26. The zero-order valence-electron chi connectivity index (χ0n) is 8.74. The lowest BCUT2D eigenvalue weighted by Crippen LogP contribution is -2.46. The third kappa shape index (κ3) is 1.31. The quantitative estimate of drug-likeness (QED) is 0.634. The summed E-state index contributed by atoms with van der Waals surface area (Å²) in [7, 11) is 0. The molecule has 1 saturated heterocycles. The van der Waals surface area contributed by atoms with E-state index in [1.165, 1.54) is 32.2 Å². The molecule has 0 spiro atoms. The molecule has 78 valence electrons. The van der Waals surface area contributed by atoms with E-state index in [4.69, 9.17) is 0 Å². The number of rotatable bonds is 1. The van der Waals surface area contributed by atoms with Gasteiger partial charge in [0.25, 0.3) is 0 Å². The minimum absolute atomic E-state index is 0.319. The van der Waals surface area contributed by atoms with Crippen LogP contribution in [0, 0.1) is 5.92 Å². The first-order valence-electron chi connectivity index (χ1n) is 6.13. The topological polar surface area (TPSA) is 20.3 Å². The van der Waals surface area contributed by atoms with E-state index in [1.807, 2.05) is 0 Å². The van der Waals surface area contributed by atoms with E-state index < -0.39 is 0 Å². The van der Waals surface area contributed by atoms with Crippen molar-refractivity contribution in [1.82, 2.24) is 4.90 Å². The number of piperidine rings is 1. The van der Waals surface area contributed by atoms with Gasteiger partial charge < -0.3 is 0 Å². The van der Waals surface area contributed by atoms with Crippen molar-refractivity contribution in [2.24, 2.45) is 5.92 Å². The van der Waals surface area contributed by atoms with Gasteiger partial charge in [-0.1, -0.05) is 6.42 Å². The third-order valence-electron chi connectivity index (χ3n) is 4.37. The number of carbonyl (C=O) groups is 1. The van der Waals surface area contributed by atoms with E-state index in [0.717, 1.165) is 31.2 Å². The molecule has 3 fully saturated rings. The summed E-state index contributed by atoms with van der Waals surface area (Å²) in [4.78, 5) is 14.4. The number of fused-ring (bicyclic) bond motifs is 2. The number of ketones is 1. The van der Waals surface area contributed by atoms with Gasteiger partial charge >= 0.3 is 0 Å². The first-order valence-corrected chi connectivity index (χ1v) is 6.13. The number of nitrogens with zero attached hydrogens (tertiary/aromatic N) is 1. The average Bonchev–Trinajstić information content (AvgIpc) is 2.79. The maximum Gasteiger partial charge on any atom is 0.149 e. The molecule has 2 aliphatic carbocycles. The van der Waals surface area contributed by atoms with Crippen LogP contribution in [0.3, 0.4) is 0 Å². The van der Waals surface area contributed by atoms with Crippen LogP contribution >= 0.6 is 0 Å². The Hall–Kier alpha value is -0.370. The highest BCUT2D eigenvalue weighted by atomic mass is 16.1. The van der Waals surface area contributed by atoms with Gasteiger partial charge in [0.1, 0.15) is 5.78 Å². The molecular weight excluding hydrogens is 174 g/mol. The monoisotopic (exact) mass is 193 g/mol. The predicted molar refractivity (Wildman–Crippen MR) is 55.1 cm³/mol. The lowest BCUT2D eigenvalue weighted by Gasteiger charge is -2.35. The van der Waals surface area contributed by atoms with Gasteiger partial charge in [-0.05, 0) is 38.0 Å². The standard InChI is InChI=1S/C12H19NO/c14-12-4-2-1-3-11(12)13-8-9-5-6-10(13)7-9/h9-11H,1-8H2. The second-order valence-electron chi connectivity index (χ2n) is 5.26. The van der Waals surface area contributed by atoms with Crippen LogP contribution in [0.25, 0.3) is 0 Å². The summed E-state index contributed by atoms with van der Waals surface area (Å²) in [6.07, 6.45) is 8.54. The first-order chi connectivity index (χ1) is 6.84. The number of hydrogen-bond donors (Lipinski definition) is 0. The van der Waals surface area contributed by atoms with Crippen LogP contribution in [0.1, 0.15) is 44.9 Å². The van der Waals surface area contributed by atoms with Crippen molar-refractivity contribution >= 4 is 5.78 Å². The largest absolute Gasteiger partial charge is 0.298 e. The highest BCUT2D eigenvalue weighted by Crippen LogP contribution is 2.40. The van der Waals surface area contributed by atoms with Crippen molar-refractivity contribution in [2.75, 3.05) is 6.54 Å². The molecule has 2 bridgehead atoms. The van der Waals surface area contributed by atoms with Gasteiger partial charge in [-0.2, -0.15) is 0 Å². The highest BCUT2D eigenvalue weighted by molar-refractivity contribution is 5.84. The Kier molecular flexibility index (Phi) is 2.12. The zero-order chi connectivity index (χ0) is 9.54. The molecule has 0 radical (unpaired) electrons. The van der Waals surface area contributed by atoms with Gasteiger partial charge in [-0.3, -0.25) is 9.69 Å². The summed E-state index contributed by atoms with van der Waals surface area (Å²) in [5.74, 6) is 1.46. The summed E-state index contributed by atoms with van der Waals surface area (Å²) in [5.41, 5.74) is 0. The summed E-state index contributed by atoms with van der Waals surface area (Å²) >= 11 is 0. The molecule has 3 rings (SSSR count). The van der Waals surface area contributed by atoms with Crippen LogP contribution in [0.2, 0.25) is 0 Å². The Bertz CT molecular complexity index is 251. The minimum atomic E-state index is 0.319. The summed E-state index contributed by atoms with van der Waals surface area (Å²) in [5, 5.41) is 0. The number of likely N-dealkylation sites (tertiary alicyclic amines) is 1. The van der Waals surface area contributed by atoms with Crippen molar-refractivity contribution in [3.8, 4) is 0 Å².